The van der Waals surface area contributed by atoms with Gasteiger partial charge in [-0.05, 0) is 203 Å². The van der Waals surface area contributed by atoms with E-state index in [1.54, 1.807) is 103 Å². The van der Waals surface area contributed by atoms with Gasteiger partial charge in [0.1, 0.15) is 30.4 Å². The molecule has 502 valence electrons. The van der Waals surface area contributed by atoms with Gasteiger partial charge in [-0.3, -0.25) is 39.0 Å². The van der Waals surface area contributed by atoms with E-state index >= 15 is 0 Å². The summed E-state index contributed by atoms with van der Waals surface area (Å²) in [5.41, 5.74) is 13.4. The van der Waals surface area contributed by atoms with Crippen LogP contribution in [0.15, 0.2) is 97.8 Å². The second kappa shape index (κ2) is 38.7. The predicted octanol–water partition coefficient (Wildman–Crippen LogP) is 5.65. The molecule has 0 spiro atoms. The number of nitriles is 1. The average molecular weight is 1720 g/mol. The number of carbonyl (C=O) groups is 4. The summed E-state index contributed by atoms with van der Waals surface area (Å²) in [6.07, 6.45) is 9.38. The fourth-order valence-electron chi connectivity index (χ4n) is 9.50. The average Bonchev–Trinajstić information content (AvgIpc) is 1.10. The van der Waals surface area contributed by atoms with Crippen molar-refractivity contribution in [1.29, 1.82) is 5.26 Å². The molecule has 0 radical (unpaired) electrons. The van der Waals surface area contributed by atoms with Gasteiger partial charge in [-0.1, -0.05) is 50.7 Å². The van der Waals surface area contributed by atoms with Crippen molar-refractivity contribution in [2.75, 3.05) is 18.9 Å². The van der Waals surface area contributed by atoms with Crippen LogP contribution >= 0.6 is 95.9 Å². The Labute approximate surface area is 696 Å². The molecule has 0 atom stereocenters. The monoisotopic (exact) mass is 1720 g/mol. The number of ether oxygens (including phenoxy) is 2. The van der Waals surface area contributed by atoms with Crippen molar-refractivity contribution in [3.05, 3.63) is 193 Å². The Morgan fingerprint density at radius 3 is 1.53 bits per heavy atom. The summed E-state index contributed by atoms with van der Waals surface area (Å²) in [6, 6.07) is 20.8. The molecule has 24 nitrogen and oxygen atoms in total. The predicted molar refractivity (Wildman–Crippen MR) is 379 cm³/mol. The quantitative estimate of drug-likeness (QED) is 0.0129. The van der Waals surface area contributed by atoms with E-state index in [0.29, 0.717) is 81.3 Å². The van der Waals surface area contributed by atoms with E-state index in [0.717, 1.165) is 66.1 Å². The van der Waals surface area contributed by atoms with Crippen LogP contribution in [0.2, 0.25) is 15.1 Å². The third-order valence-corrected chi connectivity index (χ3v) is 16.6. The zero-order valence-corrected chi connectivity index (χ0v) is 69.4. The smallest absolute Gasteiger partial charge is 1.00 e. The molecule has 0 fully saturated rings. The van der Waals surface area contributed by atoms with Crippen LogP contribution in [0.3, 0.4) is 0 Å². The van der Waals surface area contributed by atoms with E-state index in [-0.39, 0.29) is 147 Å². The minimum absolute atomic E-state index is 0. The fourth-order valence-corrected chi connectivity index (χ4v) is 11.5. The number of hydrogen-bond donors (Lipinski definition) is 6. The van der Waals surface area contributed by atoms with Crippen LogP contribution in [-0.2, 0) is 60.9 Å². The normalized spacial score (nSPS) is 11.0. The standard InChI is InChI=1S/C26H26ClN7O2.C19H19ClIN3O3.C13H13BrClNO.C6H7IN2O2.CH2O3.2K.H/c1-14-5-23(29)32-15(2)19(14)11-31-25(35)20-13-34(33-22(20)9-28)12-16-6-17-8-18(27)10-30-24(17)21(7-16)26(3,4)36;1-4-27-18(25)14-10-24(23-17(14)21)9-11-5-12-7-13(20)8-22-16(12)15(6-11)19(2,3)26;1-13(2,17)11-4-8(6-14)3-9-5-10(15)7-16-12(9)11;1-2-11-6(10)4-3-8-9-5(4)7;2-1-4-3;;;/h5-8,10,13,36H,11-12H2,1-4H3,(H2,29,32)(H,31,35);5-8,10,26H,4,9H2,1-3H3;3-5,7,17H,6H2,1-2H3;3H,2H2,1H3,(H,8,9);1,3H;;;/q;;;;;2*+1;-1/p-1. The largest absolute Gasteiger partial charge is 1.00 e. The Kier molecular flexibility index (Phi) is 34.0. The molecule has 0 unspecified atom stereocenters. The molecule has 0 aliphatic rings. The van der Waals surface area contributed by atoms with Crippen molar-refractivity contribution >= 4 is 159 Å². The molecule has 1 amide bonds. The Hall–Kier alpha value is -4.24. The van der Waals surface area contributed by atoms with Crippen molar-refractivity contribution in [2.45, 2.75) is 111 Å². The van der Waals surface area contributed by atoms with Gasteiger partial charge < -0.3 is 47.4 Å². The number of carbonyl (C=O) groups excluding carboxylic acids is 4. The van der Waals surface area contributed by atoms with Crippen LogP contribution in [0, 0.1) is 32.6 Å². The van der Waals surface area contributed by atoms with Gasteiger partial charge in [0, 0.05) is 81.4 Å². The van der Waals surface area contributed by atoms with Crippen molar-refractivity contribution in [2.24, 2.45) is 0 Å². The molecule has 10 aromatic rings. The third-order valence-electron chi connectivity index (χ3n) is 13.7. The van der Waals surface area contributed by atoms with E-state index in [2.05, 4.69) is 66.5 Å². The van der Waals surface area contributed by atoms with Crippen LogP contribution in [0.4, 0.5) is 5.82 Å². The van der Waals surface area contributed by atoms with Crippen LogP contribution in [-0.4, -0.2) is 103 Å². The molecule has 7 aromatic heterocycles. The molecule has 10 rings (SSSR count). The number of rotatable bonds is 16. The molecular weight excluding hydrogens is 1660 g/mol. The molecule has 32 heteroatoms. The number of aryl methyl sites for hydroxylation is 2. The number of nitrogens with two attached hydrogens (primary N) is 1. The first-order valence-corrected chi connectivity index (χ1v) is 33.1. The van der Waals surface area contributed by atoms with Gasteiger partial charge in [0.25, 0.3) is 12.4 Å². The zero-order chi connectivity index (χ0) is 70.3. The van der Waals surface area contributed by atoms with Gasteiger partial charge in [-0.2, -0.15) is 20.6 Å². The Morgan fingerprint density at radius 2 is 1.13 bits per heavy atom. The van der Waals surface area contributed by atoms with Crippen LogP contribution in [0.5, 0.6) is 0 Å². The maximum absolute atomic E-state index is 12.9. The number of alkyl halides is 1. The van der Waals surface area contributed by atoms with E-state index in [9.17, 15) is 35.0 Å². The number of anilines is 1. The molecule has 97 heavy (non-hydrogen) atoms. The summed E-state index contributed by atoms with van der Waals surface area (Å²) in [4.78, 5) is 64.6. The number of aromatic nitrogens is 10. The van der Waals surface area contributed by atoms with Gasteiger partial charge >= 0.3 is 115 Å². The van der Waals surface area contributed by atoms with Gasteiger partial charge in [-0.15, -0.1) is 0 Å². The van der Waals surface area contributed by atoms with Gasteiger partial charge in [0.2, 0.25) is 0 Å². The molecule has 3 aromatic carbocycles. The molecule has 7 N–H and O–H groups in total. The summed E-state index contributed by atoms with van der Waals surface area (Å²) < 4.78 is 14.3. The zero-order valence-electron chi connectivity index (χ0n) is 56.0. The van der Waals surface area contributed by atoms with E-state index in [1.165, 1.54) is 10.9 Å². The second-order valence-corrected chi connectivity index (χ2v) is 26.5. The summed E-state index contributed by atoms with van der Waals surface area (Å²) >= 11 is 25.6. The molecule has 0 saturated heterocycles. The number of aromatic amines is 1. The van der Waals surface area contributed by atoms with E-state index < -0.39 is 22.7 Å². The first-order chi connectivity index (χ1) is 44.7. The summed E-state index contributed by atoms with van der Waals surface area (Å²) in [5, 5.41) is 72.3. The Balaban J connectivity index is 0.000000355. The summed E-state index contributed by atoms with van der Waals surface area (Å²) in [6.45, 7) is 19.1. The molecule has 0 aliphatic carbocycles. The van der Waals surface area contributed by atoms with Gasteiger partial charge in [0.15, 0.2) is 5.69 Å². The number of amides is 1. The van der Waals surface area contributed by atoms with Crippen molar-refractivity contribution < 1.29 is 158 Å². The minimum Gasteiger partial charge on any atom is -1.00 e. The number of hydrogen-bond acceptors (Lipinski definition) is 20. The number of halogens is 6. The topological polar surface area (TPSA) is 357 Å². The number of aliphatic hydroxyl groups is 3. The number of nitrogens with zero attached hydrogens (tertiary/aromatic N) is 10. The van der Waals surface area contributed by atoms with Gasteiger partial charge in [-0.25, -0.2) is 14.6 Å². The molecular formula is C65H67BrCl3I2K2N13O11. The number of pyridine rings is 4. The first-order valence-electron chi connectivity index (χ1n) is 28.7. The van der Waals surface area contributed by atoms with Gasteiger partial charge in [0.05, 0.1) is 86.5 Å². The number of fused-ring (bicyclic) bond motifs is 3. The maximum atomic E-state index is 12.9. The van der Waals surface area contributed by atoms with Crippen molar-refractivity contribution in [3.63, 3.8) is 0 Å². The molecule has 0 aliphatic heterocycles. The van der Waals surface area contributed by atoms with Crippen LogP contribution in [0.25, 0.3) is 32.7 Å². The first kappa shape index (κ1) is 85.2. The number of benzene rings is 3. The molecule has 0 bridgehead atoms. The number of nitrogens with one attached hydrogen (secondary N) is 2. The SMILES string of the molecule is CC(C)(O)c1cc(CBr)cc2cc(Cl)cnc12.CCOC(=O)c1cn(Cc2cc(C(C)(C)O)c3ncc(Cl)cc3c2)nc1I.CCOC(=O)c1cn[nH]c1I.Cc1cc(N)nc(C)c1CNC(=O)c1cn(Cc2cc(C(C)(C)O)c3ncc(Cl)cc3c2)nc1C#N.O=CO[O-].[H-].[K+].[K+]. The Bertz CT molecular complexity index is 4460. The molecule has 0 saturated carbocycles. The van der Waals surface area contributed by atoms with E-state index in [1.807, 2.05) is 114 Å². The van der Waals surface area contributed by atoms with Crippen molar-refractivity contribution in [3.8, 4) is 6.07 Å². The third kappa shape index (κ3) is 24.2. The minimum atomic E-state index is -1.14. The number of esters is 2. The second-order valence-electron chi connectivity index (χ2n) is 22.5. The van der Waals surface area contributed by atoms with E-state index in [4.69, 9.17) is 60.1 Å². The summed E-state index contributed by atoms with van der Waals surface area (Å²) in [5.74, 6) is -0.710. The Morgan fingerprint density at radius 1 is 0.711 bits per heavy atom. The van der Waals surface area contributed by atoms with Crippen LogP contribution < -0.4 is 119 Å². The maximum Gasteiger partial charge on any atom is 1.00 e. The fraction of sp³-hybridized carbons (Fsp3) is 0.292. The number of H-pyrrole nitrogens is 1. The van der Waals surface area contributed by atoms with Crippen molar-refractivity contribution in [1.82, 2.24) is 55.0 Å². The summed E-state index contributed by atoms with van der Waals surface area (Å²) in [7, 11) is 0. The van der Waals surface area contributed by atoms with Crippen LogP contribution in [0.1, 0.15) is 144 Å². The number of nitrogen functional groups attached to an aromatic ring is 1. The molecule has 7 heterocycles.